The molecule has 2 aromatic carbocycles. The molecule has 2 N–H and O–H groups in total. The third kappa shape index (κ3) is 6.01. The van der Waals surface area contributed by atoms with E-state index in [1.165, 1.54) is 18.2 Å². The SMILES string of the molecule is C[C@@H](NC(=O)c1cccc(NC(=O)C[C@@H]2SC(N3CCCCC3)=NC2=O)c1)c1ccccc1. The lowest BCUT2D eigenvalue weighted by atomic mass is 10.1. The van der Waals surface area contributed by atoms with E-state index in [1.807, 2.05) is 37.3 Å². The van der Waals surface area contributed by atoms with E-state index in [9.17, 15) is 14.4 Å². The molecule has 2 atom stereocenters. The van der Waals surface area contributed by atoms with Crippen LogP contribution < -0.4 is 10.6 Å². The largest absolute Gasteiger partial charge is 0.351 e. The fraction of sp³-hybridized carbons (Fsp3) is 0.360. The summed E-state index contributed by atoms with van der Waals surface area (Å²) in [6, 6.07) is 16.4. The minimum Gasteiger partial charge on any atom is -0.351 e. The Kier molecular flexibility index (Phi) is 7.44. The van der Waals surface area contributed by atoms with Crippen LogP contribution in [0, 0.1) is 0 Å². The molecule has 2 heterocycles. The van der Waals surface area contributed by atoms with E-state index < -0.39 is 5.25 Å². The molecule has 0 aliphatic carbocycles. The number of likely N-dealkylation sites (tertiary alicyclic amines) is 1. The number of hydrogen-bond acceptors (Lipinski definition) is 5. The third-order valence-electron chi connectivity index (χ3n) is 5.78. The molecule has 33 heavy (non-hydrogen) atoms. The average molecular weight is 465 g/mol. The van der Waals surface area contributed by atoms with Gasteiger partial charge in [-0.15, -0.1) is 0 Å². The summed E-state index contributed by atoms with van der Waals surface area (Å²) >= 11 is 1.38. The van der Waals surface area contributed by atoms with Gasteiger partial charge in [0.2, 0.25) is 5.91 Å². The zero-order valence-electron chi connectivity index (χ0n) is 18.6. The van der Waals surface area contributed by atoms with Crippen LogP contribution in [0.15, 0.2) is 59.6 Å². The van der Waals surface area contributed by atoms with Gasteiger partial charge in [0.1, 0.15) is 5.25 Å². The molecule has 4 rings (SSSR count). The van der Waals surface area contributed by atoms with Crippen LogP contribution in [0.4, 0.5) is 5.69 Å². The summed E-state index contributed by atoms with van der Waals surface area (Å²) in [5.74, 6) is -0.742. The molecule has 3 amide bonds. The van der Waals surface area contributed by atoms with Crippen molar-refractivity contribution in [2.24, 2.45) is 4.99 Å². The van der Waals surface area contributed by atoms with Crippen LogP contribution in [-0.2, 0) is 9.59 Å². The van der Waals surface area contributed by atoms with Crippen molar-refractivity contribution in [1.29, 1.82) is 0 Å². The highest BCUT2D eigenvalue weighted by Gasteiger charge is 2.33. The number of nitrogens with zero attached hydrogens (tertiary/aromatic N) is 2. The van der Waals surface area contributed by atoms with Crippen molar-refractivity contribution in [3.8, 4) is 0 Å². The second kappa shape index (κ2) is 10.7. The molecule has 8 heteroatoms. The smallest absolute Gasteiger partial charge is 0.262 e. The molecule has 0 saturated carbocycles. The molecule has 7 nitrogen and oxygen atoms in total. The van der Waals surface area contributed by atoms with Crippen LogP contribution in [0.3, 0.4) is 0 Å². The Labute approximate surface area is 198 Å². The van der Waals surface area contributed by atoms with Gasteiger partial charge in [-0.3, -0.25) is 14.4 Å². The number of nitrogens with one attached hydrogen (secondary N) is 2. The molecule has 1 saturated heterocycles. The topological polar surface area (TPSA) is 90.9 Å². The van der Waals surface area contributed by atoms with Gasteiger partial charge in [0.05, 0.1) is 6.04 Å². The number of piperidine rings is 1. The fourth-order valence-electron chi connectivity index (χ4n) is 3.95. The minimum atomic E-state index is -0.500. The summed E-state index contributed by atoms with van der Waals surface area (Å²) in [4.78, 5) is 43.9. The molecule has 0 radical (unpaired) electrons. The van der Waals surface area contributed by atoms with Gasteiger partial charge in [-0.25, -0.2) is 0 Å². The van der Waals surface area contributed by atoms with Gasteiger partial charge >= 0.3 is 0 Å². The van der Waals surface area contributed by atoms with Crippen molar-refractivity contribution in [1.82, 2.24) is 10.2 Å². The lowest BCUT2D eigenvalue weighted by Gasteiger charge is -2.27. The summed E-state index contributed by atoms with van der Waals surface area (Å²) in [6.45, 7) is 3.75. The molecular weight excluding hydrogens is 436 g/mol. The number of thioether (sulfide) groups is 1. The van der Waals surface area contributed by atoms with E-state index in [0.29, 0.717) is 11.3 Å². The van der Waals surface area contributed by atoms with Crippen molar-refractivity contribution in [2.75, 3.05) is 18.4 Å². The molecule has 2 aromatic rings. The first-order valence-corrected chi connectivity index (χ1v) is 12.2. The van der Waals surface area contributed by atoms with Crippen LogP contribution >= 0.6 is 11.8 Å². The van der Waals surface area contributed by atoms with Crippen molar-refractivity contribution in [2.45, 2.75) is 43.9 Å². The van der Waals surface area contributed by atoms with E-state index in [0.717, 1.165) is 36.7 Å². The van der Waals surface area contributed by atoms with Gasteiger partial charge in [-0.05, 0) is 49.9 Å². The molecule has 172 valence electrons. The number of anilines is 1. The Morgan fingerprint density at radius 2 is 1.85 bits per heavy atom. The highest BCUT2D eigenvalue weighted by molar-refractivity contribution is 8.15. The number of aliphatic imine (C=N–C) groups is 1. The Bertz CT molecular complexity index is 1050. The normalized spacial score (nSPS) is 19.1. The zero-order valence-corrected chi connectivity index (χ0v) is 19.4. The maximum Gasteiger partial charge on any atom is 0.262 e. The van der Waals surface area contributed by atoms with Crippen molar-refractivity contribution in [3.05, 3.63) is 65.7 Å². The highest BCUT2D eigenvalue weighted by atomic mass is 32.2. The number of amidine groups is 1. The number of benzene rings is 2. The van der Waals surface area contributed by atoms with Crippen molar-refractivity contribution < 1.29 is 14.4 Å². The van der Waals surface area contributed by atoms with Crippen LogP contribution in [0.2, 0.25) is 0 Å². The van der Waals surface area contributed by atoms with Crippen molar-refractivity contribution in [3.63, 3.8) is 0 Å². The van der Waals surface area contributed by atoms with Gasteiger partial charge in [0.25, 0.3) is 11.8 Å². The summed E-state index contributed by atoms with van der Waals surface area (Å²) in [7, 11) is 0. The molecule has 2 aliphatic heterocycles. The monoisotopic (exact) mass is 464 g/mol. The zero-order chi connectivity index (χ0) is 23.2. The second-order valence-electron chi connectivity index (χ2n) is 8.33. The molecule has 0 aromatic heterocycles. The number of carbonyl (C=O) groups excluding carboxylic acids is 3. The maximum atomic E-state index is 12.7. The molecule has 0 spiro atoms. The number of amides is 3. The third-order valence-corrected chi connectivity index (χ3v) is 7.00. The molecule has 1 fully saturated rings. The number of rotatable bonds is 6. The van der Waals surface area contributed by atoms with Gasteiger partial charge in [-0.1, -0.05) is 48.2 Å². The number of carbonyl (C=O) groups is 3. The molecule has 2 aliphatic rings. The Morgan fingerprint density at radius 3 is 2.61 bits per heavy atom. The van der Waals surface area contributed by atoms with Gasteiger partial charge in [-0.2, -0.15) is 4.99 Å². The average Bonchev–Trinajstić information content (AvgIpc) is 3.20. The van der Waals surface area contributed by atoms with Gasteiger partial charge in [0.15, 0.2) is 5.17 Å². The maximum absolute atomic E-state index is 12.7. The molecule has 0 unspecified atom stereocenters. The lowest BCUT2D eigenvalue weighted by molar-refractivity contribution is -0.121. The fourth-order valence-corrected chi connectivity index (χ4v) is 5.07. The standard InChI is InChI=1S/C25H28N4O3S/c1-17(18-9-4-2-5-10-18)26-23(31)19-11-8-12-20(15-19)27-22(30)16-21-24(32)28-25(33-21)29-13-6-3-7-14-29/h2,4-5,8-12,15,17,21H,3,6-7,13-14,16H2,1H3,(H,26,31)(H,27,30)/t17-,21+/m1/s1. The van der Waals surface area contributed by atoms with Crippen LogP contribution in [0.25, 0.3) is 0 Å². The van der Waals surface area contributed by atoms with Crippen LogP contribution in [0.5, 0.6) is 0 Å². The highest BCUT2D eigenvalue weighted by Crippen LogP contribution is 2.29. The van der Waals surface area contributed by atoms with Gasteiger partial charge < -0.3 is 15.5 Å². The van der Waals surface area contributed by atoms with E-state index >= 15 is 0 Å². The predicted molar refractivity (Wildman–Crippen MR) is 131 cm³/mol. The minimum absolute atomic E-state index is 0.0474. The quantitative estimate of drug-likeness (QED) is 0.675. The second-order valence-corrected chi connectivity index (χ2v) is 9.50. The van der Waals surface area contributed by atoms with Crippen LogP contribution in [0.1, 0.15) is 54.6 Å². The number of hydrogen-bond donors (Lipinski definition) is 2. The first-order valence-electron chi connectivity index (χ1n) is 11.3. The van der Waals surface area contributed by atoms with Gasteiger partial charge in [0, 0.05) is 30.8 Å². The summed E-state index contributed by atoms with van der Waals surface area (Å²) < 4.78 is 0. The predicted octanol–water partition coefficient (Wildman–Crippen LogP) is 3.99. The van der Waals surface area contributed by atoms with E-state index in [1.54, 1.807) is 24.3 Å². The Balaban J connectivity index is 1.31. The lowest BCUT2D eigenvalue weighted by Crippen LogP contribution is -2.33. The van der Waals surface area contributed by atoms with E-state index in [2.05, 4.69) is 20.5 Å². The van der Waals surface area contributed by atoms with E-state index in [4.69, 9.17) is 0 Å². The first-order chi connectivity index (χ1) is 16.0. The van der Waals surface area contributed by atoms with Crippen molar-refractivity contribution >= 4 is 40.3 Å². The van der Waals surface area contributed by atoms with E-state index in [-0.39, 0.29) is 30.2 Å². The molecule has 0 bridgehead atoms. The summed E-state index contributed by atoms with van der Waals surface area (Å²) in [5, 5.41) is 6.03. The summed E-state index contributed by atoms with van der Waals surface area (Å²) in [5.41, 5.74) is 1.99. The Hall–Kier alpha value is -3.13. The molecular formula is C25H28N4O3S. The summed E-state index contributed by atoms with van der Waals surface area (Å²) in [6.07, 6.45) is 3.46. The first kappa shape index (κ1) is 23.0. The van der Waals surface area contributed by atoms with Crippen LogP contribution in [-0.4, -0.2) is 46.1 Å². The Morgan fingerprint density at radius 1 is 1.09 bits per heavy atom.